The number of benzene rings is 3. The molecule has 0 spiro atoms. The Morgan fingerprint density at radius 1 is 0.921 bits per heavy atom. The minimum atomic E-state index is -0.855. The molecule has 2 unspecified atom stereocenters. The van der Waals surface area contributed by atoms with Gasteiger partial charge in [0.25, 0.3) is 0 Å². The smallest absolute Gasteiger partial charge is 0.309 e. The highest BCUT2D eigenvalue weighted by Crippen LogP contribution is 2.33. The van der Waals surface area contributed by atoms with Crippen LogP contribution in [0.1, 0.15) is 55.2 Å². The van der Waals surface area contributed by atoms with Gasteiger partial charge in [0.2, 0.25) is 0 Å². The molecule has 0 radical (unpaired) electrons. The first-order valence-corrected chi connectivity index (χ1v) is 13.0. The van der Waals surface area contributed by atoms with Crippen LogP contribution in [0.2, 0.25) is 0 Å². The Hall–Kier alpha value is -3.74. The molecule has 0 aliphatic carbocycles. The molecule has 3 atom stereocenters. The molecule has 3 aromatic carbocycles. The van der Waals surface area contributed by atoms with E-state index < -0.39 is 6.10 Å². The van der Waals surface area contributed by atoms with Crippen LogP contribution in [0.3, 0.4) is 0 Å². The molecule has 38 heavy (non-hydrogen) atoms. The predicted molar refractivity (Wildman–Crippen MR) is 147 cm³/mol. The van der Waals surface area contributed by atoms with Crippen molar-refractivity contribution in [3.05, 3.63) is 101 Å². The third-order valence-corrected chi connectivity index (χ3v) is 6.95. The van der Waals surface area contributed by atoms with Crippen LogP contribution in [0.15, 0.2) is 83.4 Å². The fourth-order valence-electron chi connectivity index (χ4n) is 4.48. The number of hydrogen-bond donors (Lipinski definition) is 1. The topological polar surface area (TPSA) is 81.8 Å². The van der Waals surface area contributed by atoms with Gasteiger partial charge in [0, 0.05) is 5.56 Å². The standard InChI is InChI=1S/C32H35NO5/c1-5-37-32(35)22(3)21(2)25-11-13-26(14-12-25)27-15-17-28(18-16-27)31-30(23(4)33-38-31)29(34)20-36-19-24-9-7-6-8-10-24/h6-18,21-22,29,34H,5,19-20H2,1-4H3/t21?,22?,29-/m0/s1. The number of ether oxygens (including phenoxy) is 2. The monoisotopic (exact) mass is 513 g/mol. The highest BCUT2D eigenvalue weighted by molar-refractivity contribution is 5.73. The lowest BCUT2D eigenvalue weighted by atomic mass is 9.88. The Bertz CT molecular complexity index is 1310. The second kappa shape index (κ2) is 12.7. The van der Waals surface area contributed by atoms with Gasteiger partial charge in [-0.15, -0.1) is 0 Å². The number of rotatable bonds is 11. The molecule has 0 saturated carbocycles. The third kappa shape index (κ3) is 6.39. The van der Waals surface area contributed by atoms with Gasteiger partial charge in [-0.25, -0.2) is 0 Å². The SMILES string of the molecule is CCOC(=O)C(C)C(C)c1ccc(-c2ccc(-c3onc(C)c3[C@@H](O)COCc3ccccc3)cc2)cc1. The Balaban J connectivity index is 1.44. The zero-order chi connectivity index (χ0) is 27.1. The molecule has 4 rings (SSSR count). The summed E-state index contributed by atoms with van der Waals surface area (Å²) in [6, 6.07) is 26.1. The largest absolute Gasteiger partial charge is 0.466 e. The summed E-state index contributed by atoms with van der Waals surface area (Å²) in [5.74, 6) is 0.219. The summed E-state index contributed by atoms with van der Waals surface area (Å²) in [6.45, 7) is 8.55. The molecular formula is C32H35NO5. The van der Waals surface area contributed by atoms with Gasteiger partial charge < -0.3 is 19.1 Å². The number of esters is 1. The zero-order valence-electron chi connectivity index (χ0n) is 22.4. The normalized spacial score (nSPS) is 13.6. The predicted octanol–water partition coefficient (Wildman–Crippen LogP) is 6.87. The van der Waals surface area contributed by atoms with Crippen molar-refractivity contribution in [3.63, 3.8) is 0 Å². The fourth-order valence-corrected chi connectivity index (χ4v) is 4.48. The first-order chi connectivity index (χ1) is 18.4. The molecule has 0 aliphatic rings. The number of aliphatic hydroxyl groups excluding tert-OH is 1. The van der Waals surface area contributed by atoms with Crippen molar-refractivity contribution in [2.45, 2.75) is 46.3 Å². The molecule has 4 aromatic rings. The van der Waals surface area contributed by atoms with E-state index in [9.17, 15) is 9.90 Å². The van der Waals surface area contributed by atoms with Gasteiger partial charge in [-0.05, 0) is 42.0 Å². The van der Waals surface area contributed by atoms with Gasteiger partial charge in [-0.3, -0.25) is 4.79 Å². The number of aryl methyl sites for hydroxylation is 1. The Kier molecular flexibility index (Phi) is 9.10. The molecule has 1 aromatic heterocycles. The lowest BCUT2D eigenvalue weighted by molar-refractivity contribution is -0.148. The highest BCUT2D eigenvalue weighted by Gasteiger charge is 2.24. The van der Waals surface area contributed by atoms with E-state index in [0.717, 1.165) is 27.8 Å². The minimum absolute atomic E-state index is 0.0571. The summed E-state index contributed by atoms with van der Waals surface area (Å²) in [6.07, 6.45) is -0.855. The van der Waals surface area contributed by atoms with Gasteiger partial charge >= 0.3 is 5.97 Å². The van der Waals surface area contributed by atoms with Crippen molar-refractivity contribution < 1.29 is 23.9 Å². The lowest BCUT2D eigenvalue weighted by Gasteiger charge is -2.19. The minimum Gasteiger partial charge on any atom is -0.466 e. The van der Waals surface area contributed by atoms with Gasteiger partial charge in [0.05, 0.1) is 37.0 Å². The van der Waals surface area contributed by atoms with Crippen LogP contribution in [-0.2, 0) is 20.9 Å². The average Bonchev–Trinajstić information content (AvgIpc) is 3.34. The van der Waals surface area contributed by atoms with E-state index in [1.54, 1.807) is 0 Å². The maximum absolute atomic E-state index is 12.1. The molecule has 0 saturated heterocycles. The second-order valence-corrected chi connectivity index (χ2v) is 9.56. The van der Waals surface area contributed by atoms with E-state index >= 15 is 0 Å². The Labute approximate surface area is 224 Å². The van der Waals surface area contributed by atoms with E-state index in [2.05, 4.69) is 29.4 Å². The number of hydrogen-bond acceptors (Lipinski definition) is 6. The first-order valence-electron chi connectivity index (χ1n) is 13.0. The van der Waals surface area contributed by atoms with Gasteiger partial charge in [0.1, 0.15) is 6.10 Å². The maximum atomic E-state index is 12.1. The van der Waals surface area contributed by atoms with E-state index in [1.807, 2.05) is 82.3 Å². The van der Waals surface area contributed by atoms with E-state index in [0.29, 0.717) is 30.2 Å². The van der Waals surface area contributed by atoms with E-state index in [1.165, 1.54) is 0 Å². The molecule has 0 amide bonds. The van der Waals surface area contributed by atoms with E-state index in [-0.39, 0.29) is 24.4 Å². The molecule has 198 valence electrons. The Morgan fingerprint density at radius 3 is 2.16 bits per heavy atom. The van der Waals surface area contributed by atoms with Crippen LogP contribution in [0, 0.1) is 12.8 Å². The van der Waals surface area contributed by atoms with E-state index in [4.69, 9.17) is 14.0 Å². The number of aliphatic hydroxyl groups is 1. The second-order valence-electron chi connectivity index (χ2n) is 9.56. The molecule has 0 aliphatic heterocycles. The summed E-state index contributed by atoms with van der Waals surface area (Å²) in [4.78, 5) is 12.1. The van der Waals surface area contributed by atoms with Crippen molar-refractivity contribution in [1.82, 2.24) is 5.16 Å². The summed E-state index contributed by atoms with van der Waals surface area (Å²) < 4.78 is 16.5. The van der Waals surface area contributed by atoms with Crippen LogP contribution in [0.5, 0.6) is 0 Å². The third-order valence-electron chi connectivity index (χ3n) is 6.95. The fraction of sp³-hybridized carbons (Fsp3) is 0.312. The molecule has 0 fully saturated rings. The first kappa shape index (κ1) is 27.3. The molecular weight excluding hydrogens is 478 g/mol. The van der Waals surface area contributed by atoms with Crippen LogP contribution in [-0.4, -0.2) is 29.4 Å². The van der Waals surface area contributed by atoms with Crippen LogP contribution in [0.4, 0.5) is 0 Å². The molecule has 1 heterocycles. The van der Waals surface area contributed by atoms with Crippen LogP contribution in [0.25, 0.3) is 22.5 Å². The summed E-state index contributed by atoms with van der Waals surface area (Å²) in [5, 5.41) is 15.0. The summed E-state index contributed by atoms with van der Waals surface area (Å²) >= 11 is 0. The van der Waals surface area contributed by atoms with Crippen molar-refractivity contribution in [3.8, 4) is 22.5 Å². The quantitative estimate of drug-likeness (QED) is 0.220. The molecule has 6 nitrogen and oxygen atoms in total. The number of carbonyl (C=O) groups is 1. The molecule has 6 heteroatoms. The van der Waals surface area contributed by atoms with Crippen LogP contribution < -0.4 is 0 Å². The average molecular weight is 514 g/mol. The van der Waals surface area contributed by atoms with Crippen molar-refractivity contribution in [1.29, 1.82) is 0 Å². The van der Waals surface area contributed by atoms with Crippen molar-refractivity contribution in [2.75, 3.05) is 13.2 Å². The zero-order valence-corrected chi connectivity index (χ0v) is 22.4. The highest BCUT2D eigenvalue weighted by atomic mass is 16.5. The number of carbonyl (C=O) groups excluding carboxylic acids is 1. The lowest BCUT2D eigenvalue weighted by Crippen LogP contribution is -2.20. The maximum Gasteiger partial charge on any atom is 0.309 e. The van der Waals surface area contributed by atoms with Crippen molar-refractivity contribution >= 4 is 5.97 Å². The summed E-state index contributed by atoms with van der Waals surface area (Å²) in [7, 11) is 0. The molecule has 1 N–H and O–H groups in total. The number of nitrogens with zero attached hydrogens (tertiary/aromatic N) is 1. The van der Waals surface area contributed by atoms with Crippen molar-refractivity contribution in [2.24, 2.45) is 5.92 Å². The number of aromatic nitrogens is 1. The summed E-state index contributed by atoms with van der Waals surface area (Å²) in [5.41, 5.74) is 6.38. The van der Waals surface area contributed by atoms with Gasteiger partial charge in [-0.1, -0.05) is 97.9 Å². The molecule has 0 bridgehead atoms. The van der Waals surface area contributed by atoms with Gasteiger partial charge in [-0.2, -0.15) is 0 Å². The van der Waals surface area contributed by atoms with Gasteiger partial charge in [0.15, 0.2) is 5.76 Å². The van der Waals surface area contributed by atoms with Crippen LogP contribution >= 0.6 is 0 Å². The Morgan fingerprint density at radius 2 is 1.53 bits per heavy atom.